The number of likely N-dealkylation sites (N-methyl/N-ethyl adjacent to an activating group) is 1. The minimum Gasteiger partial charge on any atom is -0.357 e. The van der Waals surface area contributed by atoms with Crippen LogP contribution in [0.5, 0.6) is 0 Å². The lowest BCUT2D eigenvalue weighted by Gasteiger charge is -2.26. The molecule has 7 nitrogen and oxygen atoms in total. The van der Waals surface area contributed by atoms with Gasteiger partial charge in [0.05, 0.1) is 12.4 Å². The summed E-state index contributed by atoms with van der Waals surface area (Å²) in [6, 6.07) is -1.03. The molecule has 4 N–H and O–H groups in total. The summed E-state index contributed by atoms with van der Waals surface area (Å²) in [5, 5.41) is 2.59. The molecule has 1 fully saturated rings. The fourth-order valence-corrected chi connectivity index (χ4v) is 2.40. The number of amides is 2. The Morgan fingerprint density at radius 2 is 2.47 bits per heavy atom. The highest BCUT2D eigenvalue weighted by molar-refractivity contribution is 5.90. The first kappa shape index (κ1) is 13.5. The zero-order chi connectivity index (χ0) is 13.8. The predicted molar refractivity (Wildman–Crippen MR) is 69.1 cm³/mol. The van der Waals surface area contributed by atoms with E-state index in [1.807, 2.05) is 0 Å². The second-order valence-corrected chi connectivity index (χ2v) is 4.69. The van der Waals surface area contributed by atoms with Crippen LogP contribution in [0.3, 0.4) is 0 Å². The van der Waals surface area contributed by atoms with Crippen molar-refractivity contribution < 1.29 is 9.59 Å². The van der Waals surface area contributed by atoms with E-state index in [-0.39, 0.29) is 17.9 Å². The van der Waals surface area contributed by atoms with Gasteiger partial charge >= 0.3 is 0 Å². The van der Waals surface area contributed by atoms with Crippen molar-refractivity contribution in [3.63, 3.8) is 0 Å². The van der Waals surface area contributed by atoms with Crippen molar-refractivity contribution in [2.75, 3.05) is 13.6 Å². The first-order valence-electron chi connectivity index (χ1n) is 6.38. The molecule has 0 aromatic carbocycles. The summed E-state index contributed by atoms with van der Waals surface area (Å²) in [7, 11) is 1.58. The summed E-state index contributed by atoms with van der Waals surface area (Å²) >= 11 is 0. The first-order valence-corrected chi connectivity index (χ1v) is 6.38. The molecule has 1 aromatic heterocycles. The zero-order valence-electron chi connectivity index (χ0n) is 10.9. The number of carbonyl (C=O) groups excluding carboxylic acids is 2. The monoisotopic (exact) mass is 265 g/mol. The Labute approximate surface area is 111 Å². The van der Waals surface area contributed by atoms with Gasteiger partial charge in [-0.25, -0.2) is 4.98 Å². The number of aromatic nitrogens is 2. The highest BCUT2D eigenvalue weighted by Gasteiger charge is 2.35. The van der Waals surface area contributed by atoms with Crippen LogP contribution in [0.25, 0.3) is 0 Å². The van der Waals surface area contributed by atoms with E-state index in [9.17, 15) is 9.59 Å². The van der Waals surface area contributed by atoms with Crippen molar-refractivity contribution in [2.45, 2.75) is 31.3 Å². The minimum absolute atomic E-state index is 0.125. The number of nitrogens with zero attached hydrogens (tertiary/aromatic N) is 2. The summed E-state index contributed by atoms with van der Waals surface area (Å²) < 4.78 is 0. The van der Waals surface area contributed by atoms with E-state index in [4.69, 9.17) is 5.73 Å². The van der Waals surface area contributed by atoms with Crippen molar-refractivity contribution in [3.8, 4) is 0 Å². The number of hydrogen-bond acceptors (Lipinski definition) is 4. The number of carbonyl (C=O) groups is 2. The number of likely N-dealkylation sites (tertiary alicyclic amines) is 1. The third-order valence-corrected chi connectivity index (χ3v) is 3.40. The Bertz CT molecular complexity index is 445. The molecule has 2 atom stereocenters. The second-order valence-electron chi connectivity index (χ2n) is 4.69. The molecular weight excluding hydrogens is 246 g/mol. The van der Waals surface area contributed by atoms with Crippen LogP contribution < -0.4 is 11.1 Å². The molecule has 1 aliphatic rings. The number of H-pyrrole nitrogens is 1. The van der Waals surface area contributed by atoms with Gasteiger partial charge in [-0.3, -0.25) is 9.59 Å². The lowest BCUT2D eigenvalue weighted by atomic mass is 10.1. The molecule has 0 unspecified atom stereocenters. The maximum Gasteiger partial charge on any atom is 0.242 e. The van der Waals surface area contributed by atoms with E-state index in [0.717, 1.165) is 12.1 Å². The summed E-state index contributed by atoms with van der Waals surface area (Å²) in [5.74, 6) is -0.305. The van der Waals surface area contributed by atoms with E-state index in [1.54, 1.807) is 24.5 Å². The quantitative estimate of drug-likeness (QED) is 0.650. The van der Waals surface area contributed by atoms with Crippen molar-refractivity contribution in [3.05, 3.63) is 18.2 Å². The third-order valence-electron chi connectivity index (χ3n) is 3.40. The van der Waals surface area contributed by atoms with Crippen molar-refractivity contribution in [1.29, 1.82) is 0 Å². The molecule has 1 saturated heterocycles. The van der Waals surface area contributed by atoms with Gasteiger partial charge < -0.3 is 20.9 Å². The molecule has 1 aromatic rings. The fourth-order valence-electron chi connectivity index (χ4n) is 2.40. The van der Waals surface area contributed by atoms with Gasteiger partial charge in [-0.15, -0.1) is 0 Å². The molecule has 2 heterocycles. The minimum atomic E-state index is -0.647. The molecule has 0 radical (unpaired) electrons. The second kappa shape index (κ2) is 5.83. The smallest absolute Gasteiger partial charge is 0.242 e. The number of hydrogen-bond donors (Lipinski definition) is 3. The molecule has 0 bridgehead atoms. The summed E-state index contributed by atoms with van der Waals surface area (Å²) in [5.41, 5.74) is 6.74. The van der Waals surface area contributed by atoms with Crippen LogP contribution in [0.15, 0.2) is 12.5 Å². The Hall–Kier alpha value is -1.89. The maximum absolute atomic E-state index is 12.3. The fraction of sp³-hybridized carbons (Fsp3) is 0.583. The van der Waals surface area contributed by atoms with Crippen molar-refractivity contribution in [1.82, 2.24) is 20.2 Å². The summed E-state index contributed by atoms with van der Waals surface area (Å²) in [6.45, 7) is 0.591. The lowest BCUT2D eigenvalue weighted by Crippen LogP contribution is -2.51. The molecule has 19 heavy (non-hydrogen) atoms. The predicted octanol–water partition coefficient (Wildman–Crippen LogP) is -0.983. The van der Waals surface area contributed by atoms with Crippen LogP contribution >= 0.6 is 0 Å². The molecule has 7 heteroatoms. The van der Waals surface area contributed by atoms with Crippen LogP contribution in [0, 0.1) is 0 Å². The van der Waals surface area contributed by atoms with Crippen LogP contribution in [0.2, 0.25) is 0 Å². The Morgan fingerprint density at radius 1 is 1.68 bits per heavy atom. The molecule has 0 spiro atoms. The van der Waals surface area contributed by atoms with E-state index in [0.29, 0.717) is 19.4 Å². The molecule has 104 valence electrons. The molecule has 0 aliphatic carbocycles. The average Bonchev–Trinajstić information content (AvgIpc) is 3.07. The van der Waals surface area contributed by atoms with E-state index < -0.39 is 6.04 Å². The average molecular weight is 265 g/mol. The van der Waals surface area contributed by atoms with E-state index >= 15 is 0 Å². The van der Waals surface area contributed by atoms with Crippen LogP contribution in [-0.2, 0) is 16.0 Å². The van der Waals surface area contributed by atoms with E-state index in [2.05, 4.69) is 15.3 Å². The van der Waals surface area contributed by atoms with Gasteiger partial charge in [0.15, 0.2) is 0 Å². The first-order chi connectivity index (χ1) is 9.13. The highest BCUT2D eigenvalue weighted by atomic mass is 16.2. The molecule has 1 aliphatic heterocycles. The maximum atomic E-state index is 12.3. The molecule has 2 amide bonds. The van der Waals surface area contributed by atoms with Crippen LogP contribution in [-0.4, -0.2) is 52.4 Å². The zero-order valence-corrected chi connectivity index (χ0v) is 10.9. The Balaban J connectivity index is 2.00. The number of aromatic amines is 1. The summed E-state index contributed by atoms with van der Waals surface area (Å²) in [4.78, 5) is 32.4. The van der Waals surface area contributed by atoms with Gasteiger partial charge in [-0.05, 0) is 12.8 Å². The number of imidazole rings is 1. The third kappa shape index (κ3) is 2.93. The lowest BCUT2D eigenvalue weighted by molar-refractivity contribution is -0.139. The standard InChI is InChI=1S/C12H19N5O2/c1-14-11(18)10-3-2-4-17(10)12(19)9(13)5-8-6-15-7-16-8/h6-7,9-10H,2-5,13H2,1H3,(H,14,18)(H,15,16)/t9-,10-/m0/s1. The van der Waals surface area contributed by atoms with Gasteiger partial charge in [0, 0.05) is 31.9 Å². The molecular formula is C12H19N5O2. The Kier molecular flexibility index (Phi) is 4.16. The Morgan fingerprint density at radius 3 is 3.11 bits per heavy atom. The summed E-state index contributed by atoms with van der Waals surface area (Å²) in [6.07, 6.45) is 5.13. The van der Waals surface area contributed by atoms with Crippen molar-refractivity contribution >= 4 is 11.8 Å². The topological polar surface area (TPSA) is 104 Å². The van der Waals surface area contributed by atoms with Crippen LogP contribution in [0.4, 0.5) is 0 Å². The van der Waals surface area contributed by atoms with E-state index in [1.165, 1.54) is 0 Å². The van der Waals surface area contributed by atoms with Crippen molar-refractivity contribution in [2.24, 2.45) is 5.73 Å². The van der Waals surface area contributed by atoms with Gasteiger partial charge in [0.1, 0.15) is 6.04 Å². The van der Waals surface area contributed by atoms with Gasteiger partial charge in [0.2, 0.25) is 11.8 Å². The SMILES string of the molecule is CNC(=O)[C@@H]1CCCN1C(=O)[C@@H](N)Cc1cnc[nH]1. The largest absolute Gasteiger partial charge is 0.357 e. The molecule has 2 rings (SSSR count). The van der Waals surface area contributed by atoms with Gasteiger partial charge in [-0.2, -0.15) is 0 Å². The number of rotatable bonds is 4. The van der Waals surface area contributed by atoms with Gasteiger partial charge in [0.25, 0.3) is 0 Å². The highest BCUT2D eigenvalue weighted by Crippen LogP contribution is 2.18. The molecule has 0 saturated carbocycles. The van der Waals surface area contributed by atoms with Gasteiger partial charge in [-0.1, -0.05) is 0 Å². The number of nitrogens with one attached hydrogen (secondary N) is 2. The van der Waals surface area contributed by atoms with Crippen LogP contribution in [0.1, 0.15) is 18.5 Å². The number of nitrogens with two attached hydrogens (primary N) is 1. The normalized spacial score (nSPS) is 20.3.